The van der Waals surface area contributed by atoms with Crippen LogP contribution in [0.15, 0.2) is 0 Å². The molecule has 0 spiro atoms. The molecule has 7 heteroatoms. The average Bonchev–Trinajstić information content (AvgIpc) is 2.88. The van der Waals surface area contributed by atoms with Crippen LogP contribution in [0.1, 0.15) is 83.5 Å². The number of nitrogens with zero attached hydrogens (tertiary/aromatic N) is 1. The third kappa shape index (κ3) is 6.40. The predicted octanol–water partition coefficient (Wildman–Crippen LogP) is 2.44. The number of piperidine rings is 2. The fourth-order valence-corrected chi connectivity index (χ4v) is 7.87. The van der Waals surface area contributed by atoms with E-state index in [1.807, 2.05) is 4.90 Å². The summed E-state index contributed by atoms with van der Waals surface area (Å²) < 4.78 is 6.33. The van der Waals surface area contributed by atoms with Crippen LogP contribution < -0.4 is 10.6 Å². The Bertz CT molecular complexity index is 681. The standard InChI is InChI=1S/C28H49N3O4/c32-22-14-25(33)27(26(15-22)35-18-19-6-2-1-3-7-19)28(34)31-13-11-20-8-4-10-24(23(20)17-31)30-21-9-5-12-29-16-21/h19-27,29-30,32-33H,1-18H2. The van der Waals surface area contributed by atoms with Gasteiger partial charge in [0.25, 0.3) is 0 Å². The first-order valence-electron chi connectivity index (χ1n) is 14.8. The minimum Gasteiger partial charge on any atom is -0.393 e. The molecule has 0 aromatic carbocycles. The number of likely N-dealkylation sites (tertiary alicyclic amines) is 1. The number of amides is 1. The molecule has 2 saturated heterocycles. The van der Waals surface area contributed by atoms with E-state index in [2.05, 4.69) is 10.6 Å². The lowest BCUT2D eigenvalue weighted by atomic mass is 9.71. The van der Waals surface area contributed by atoms with Crippen molar-refractivity contribution in [2.75, 3.05) is 32.8 Å². The third-order valence-electron chi connectivity index (χ3n) is 9.86. The summed E-state index contributed by atoms with van der Waals surface area (Å²) >= 11 is 0. The van der Waals surface area contributed by atoms with Gasteiger partial charge in [0.2, 0.25) is 5.91 Å². The van der Waals surface area contributed by atoms with E-state index in [-0.39, 0.29) is 18.4 Å². The summed E-state index contributed by atoms with van der Waals surface area (Å²) in [6.45, 7) is 4.41. The molecular weight excluding hydrogens is 442 g/mol. The summed E-state index contributed by atoms with van der Waals surface area (Å²) in [5, 5.41) is 28.8. The number of hydrogen-bond donors (Lipinski definition) is 4. The van der Waals surface area contributed by atoms with E-state index in [1.54, 1.807) is 0 Å². The molecule has 35 heavy (non-hydrogen) atoms. The molecule has 2 aliphatic heterocycles. The molecule has 4 N–H and O–H groups in total. The molecule has 8 atom stereocenters. The van der Waals surface area contributed by atoms with Crippen molar-refractivity contribution in [2.45, 2.75) is 114 Å². The maximum atomic E-state index is 13.9. The van der Waals surface area contributed by atoms with Crippen molar-refractivity contribution in [1.29, 1.82) is 0 Å². The average molecular weight is 492 g/mol. The van der Waals surface area contributed by atoms with Crippen molar-refractivity contribution >= 4 is 5.91 Å². The summed E-state index contributed by atoms with van der Waals surface area (Å²) in [5.74, 6) is 1.25. The fraction of sp³-hybridized carbons (Fsp3) is 0.964. The summed E-state index contributed by atoms with van der Waals surface area (Å²) in [4.78, 5) is 15.9. The number of ether oxygens (including phenoxy) is 1. The summed E-state index contributed by atoms with van der Waals surface area (Å²) in [6, 6.07) is 1.02. The molecule has 0 aromatic heterocycles. The minimum absolute atomic E-state index is 0.0557. The van der Waals surface area contributed by atoms with E-state index >= 15 is 0 Å². The summed E-state index contributed by atoms with van der Waals surface area (Å²) in [7, 11) is 0. The quantitative estimate of drug-likeness (QED) is 0.456. The summed E-state index contributed by atoms with van der Waals surface area (Å²) in [5.41, 5.74) is 0. The normalized spacial score (nSPS) is 41.4. The van der Waals surface area contributed by atoms with Gasteiger partial charge in [0.05, 0.1) is 24.2 Å². The zero-order valence-electron chi connectivity index (χ0n) is 21.6. The Balaban J connectivity index is 1.22. The van der Waals surface area contributed by atoms with Crippen molar-refractivity contribution in [3.8, 4) is 0 Å². The van der Waals surface area contributed by atoms with E-state index < -0.39 is 18.1 Å². The smallest absolute Gasteiger partial charge is 0.230 e. The lowest BCUT2D eigenvalue weighted by molar-refractivity contribution is -0.162. The van der Waals surface area contributed by atoms with Gasteiger partial charge < -0.3 is 30.5 Å². The number of rotatable bonds is 6. The van der Waals surface area contributed by atoms with Crippen LogP contribution in [0.25, 0.3) is 0 Å². The molecule has 7 nitrogen and oxygen atoms in total. The fourth-order valence-electron chi connectivity index (χ4n) is 7.87. The molecule has 5 rings (SSSR count). The molecule has 5 fully saturated rings. The molecule has 8 unspecified atom stereocenters. The first-order chi connectivity index (χ1) is 17.1. The molecule has 0 radical (unpaired) electrons. The van der Waals surface area contributed by atoms with Crippen molar-refractivity contribution in [1.82, 2.24) is 15.5 Å². The van der Waals surface area contributed by atoms with Gasteiger partial charge in [-0.1, -0.05) is 25.7 Å². The van der Waals surface area contributed by atoms with Crippen molar-refractivity contribution in [2.24, 2.45) is 23.7 Å². The van der Waals surface area contributed by atoms with Crippen LogP contribution in [0.4, 0.5) is 0 Å². The summed E-state index contributed by atoms with van der Waals surface area (Å²) in [6.07, 6.45) is 12.4. The lowest BCUT2D eigenvalue weighted by Gasteiger charge is -2.48. The monoisotopic (exact) mass is 491 g/mol. The molecule has 5 aliphatic rings. The van der Waals surface area contributed by atoms with Gasteiger partial charge in [-0.3, -0.25) is 4.79 Å². The maximum absolute atomic E-state index is 13.9. The van der Waals surface area contributed by atoms with E-state index in [9.17, 15) is 15.0 Å². The van der Waals surface area contributed by atoms with Gasteiger partial charge in [-0.15, -0.1) is 0 Å². The highest BCUT2D eigenvalue weighted by Crippen LogP contribution is 2.39. The number of carbonyl (C=O) groups is 1. The predicted molar refractivity (Wildman–Crippen MR) is 136 cm³/mol. The second-order valence-electron chi connectivity index (χ2n) is 12.3. The first-order valence-corrected chi connectivity index (χ1v) is 14.8. The number of aliphatic hydroxyl groups excluding tert-OH is 2. The number of carbonyl (C=O) groups excluding carboxylic acids is 1. The number of nitrogens with one attached hydrogen (secondary N) is 2. The van der Waals surface area contributed by atoms with Crippen molar-refractivity contribution < 1.29 is 19.7 Å². The molecule has 3 saturated carbocycles. The number of hydrogen-bond acceptors (Lipinski definition) is 6. The minimum atomic E-state index is -0.825. The highest BCUT2D eigenvalue weighted by Gasteiger charge is 2.46. The first kappa shape index (κ1) is 25.9. The second kappa shape index (κ2) is 12.2. The van der Waals surface area contributed by atoms with Gasteiger partial charge in [-0.2, -0.15) is 0 Å². The van der Waals surface area contributed by atoms with Crippen LogP contribution in [0, 0.1) is 23.7 Å². The van der Waals surface area contributed by atoms with Crippen LogP contribution >= 0.6 is 0 Å². The van der Waals surface area contributed by atoms with Gasteiger partial charge in [0, 0.05) is 51.2 Å². The van der Waals surface area contributed by atoms with E-state index in [0.29, 0.717) is 42.9 Å². The maximum Gasteiger partial charge on any atom is 0.230 e. The topological polar surface area (TPSA) is 94.1 Å². The van der Waals surface area contributed by atoms with Crippen LogP contribution in [0.3, 0.4) is 0 Å². The molecule has 0 bridgehead atoms. The largest absolute Gasteiger partial charge is 0.393 e. The highest BCUT2D eigenvalue weighted by molar-refractivity contribution is 5.80. The van der Waals surface area contributed by atoms with Crippen molar-refractivity contribution in [3.63, 3.8) is 0 Å². The Morgan fingerprint density at radius 3 is 2.63 bits per heavy atom. The van der Waals surface area contributed by atoms with Gasteiger partial charge in [-0.25, -0.2) is 0 Å². The third-order valence-corrected chi connectivity index (χ3v) is 9.86. The Morgan fingerprint density at radius 2 is 1.83 bits per heavy atom. The Kier molecular flexibility index (Phi) is 9.03. The molecule has 2 heterocycles. The molecule has 200 valence electrons. The van der Waals surface area contributed by atoms with E-state index in [1.165, 1.54) is 64.2 Å². The SMILES string of the molecule is O=C(C1C(O)CC(O)CC1OCC1CCCCC1)N1CCC2CCCC(NC3CCCNC3)C2C1. The Hall–Kier alpha value is -0.730. The van der Waals surface area contributed by atoms with Crippen LogP contribution in [0.5, 0.6) is 0 Å². The number of fused-ring (bicyclic) bond motifs is 1. The second-order valence-corrected chi connectivity index (χ2v) is 12.3. The van der Waals surface area contributed by atoms with Crippen LogP contribution in [-0.2, 0) is 9.53 Å². The van der Waals surface area contributed by atoms with Crippen LogP contribution in [0.2, 0.25) is 0 Å². The van der Waals surface area contributed by atoms with E-state index in [0.717, 1.165) is 32.6 Å². The molecule has 3 aliphatic carbocycles. The Labute approximate surface area is 211 Å². The Morgan fingerprint density at radius 1 is 0.971 bits per heavy atom. The van der Waals surface area contributed by atoms with Gasteiger partial charge in [-0.05, 0) is 69.2 Å². The highest BCUT2D eigenvalue weighted by atomic mass is 16.5. The molecule has 0 aromatic rings. The molecular formula is C28H49N3O4. The van der Waals surface area contributed by atoms with Gasteiger partial charge >= 0.3 is 0 Å². The zero-order chi connectivity index (χ0) is 24.2. The van der Waals surface area contributed by atoms with Gasteiger partial charge in [0.15, 0.2) is 0 Å². The van der Waals surface area contributed by atoms with E-state index in [4.69, 9.17) is 4.74 Å². The van der Waals surface area contributed by atoms with Crippen LogP contribution in [-0.4, -0.2) is 84.2 Å². The molecule has 1 amide bonds. The van der Waals surface area contributed by atoms with Crippen molar-refractivity contribution in [3.05, 3.63) is 0 Å². The van der Waals surface area contributed by atoms with Gasteiger partial charge in [0.1, 0.15) is 0 Å². The lowest BCUT2D eigenvalue weighted by Crippen LogP contribution is -2.59. The number of aliphatic hydroxyl groups is 2. The zero-order valence-corrected chi connectivity index (χ0v) is 21.6.